The number of anilines is 1. The standard InChI is InChI=1S/C18H21N3O2/c1-13(19)10-14-6-7-17(18(11-14)21(22)23)20-9-8-15-4-2-3-5-16(15)12-20/h2-7,11,13H,8-10,12,19H2,1H3. The van der Waals surface area contributed by atoms with Gasteiger partial charge in [0.25, 0.3) is 5.69 Å². The van der Waals surface area contributed by atoms with E-state index < -0.39 is 0 Å². The Kier molecular flexibility index (Phi) is 4.30. The van der Waals surface area contributed by atoms with Crippen molar-refractivity contribution in [2.45, 2.75) is 32.4 Å². The maximum absolute atomic E-state index is 11.5. The van der Waals surface area contributed by atoms with Crippen LogP contribution in [-0.2, 0) is 19.4 Å². The minimum atomic E-state index is -0.291. The van der Waals surface area contributed by atoms with Crippen LogP contribution in [0.25, 0.3) is 0 Å². The van der Waals surface area contributed by atoms with E-state index in [1.165, 1.54) is 11.1 Å². The zero-order valence-electron chi connectivity index (χ0n) is 13.2. The Morgan fingerprint density at radius 2 is 2.00 bits per heavy atom. The topological polar surface area (TPSA) is 72.4 Å². The summed E-state index contributed by atoms with van der Waals surface area (Å²) in [5.74, 6) is 0. The second kappa shape index (κ2) is 6.38. The minimum absolute atomic E-state index is 0.0117. The van der Waals surface area contributed by atoms with Gasteiger partial charge in [-0.3, -0.25) is 10.1 Å². The number of hydrogen-bond donors (Lipinski definition) is 1. The molecule has 0 fully saturated rings. The fourth-order valence-corrected chi connectivity index (χ4v) is 3.18. The van der Waals surface area contributed by atoms with Gasteiger partial charge in [0.05, 0.1) is 4.92 Å². The average molecular weight is 311 g/mol. The molecule has 0 amide bonds. The number of nitrogens with two attached hydrogens (primary N) is 1. The summed E-state index contributed by atoms with van der Waals surface area (Å²) in [5, 5.41) is 11.5. The van der Waals surface area contributed by atoms with Gasteiger partial charge in [0.2, 0.25) is 0 Å². The third-order valence-corrected chi connectivity index (χ3v) is 4.27. The molecule has 0 aromatic heterocycles. The highest BCUT2D eigenvalue weighted by Crippen LogP contribution is 2.33. The molecule has 1 heterocycles. The molecule has 1 aliphatic heterocycles. The fourth-order valence-electron chi connectivity index (χ4n) is 3.18. The van der Waals surface area contributed by atoms with Gasteiger partial charge in [-0.15, -0.1) is 0 Å². The van der Waals surface area contributed by atoms with Gasteiger partial charge in [-0.1, -0.05) is 30.3 Å². The van der Waals surface area contributed by atoms with Crippen LogP contribution in [0.2, 0.25) is 0 Å². The second-order valence-corrected chi connectivity index (χ2v) is 6.20. The molecule has 0 aliphatic carbocycles. The monoisotopic (exact) mass is 311 g/mol. The number of fused-ring (bicyclic) bond motifs is 1. The molecule has 2 N–H and O–H groups in total. The molecule has 0 saturated carbocycles. The summed E-state index contributed by atoms with van der Waals surface area (Å²) in [4.78, 5) is 13.3. The predicted octanol–water partition coefficient (Wildman–Crippen LogP) is 3.05. The van der Waals surface area contributed by atoms with Crippen molar-refractivity contribution < 1.29 is 4.92 Å². The van der Waals surface area contributed by atoms with Crippen LogP contribution in [0.5, 0.6) is 0 Å². The van der Waals surface area contributed by atoms with Crippen molar-refractivity contribution in [1.29, 1.82) is 0 Å². The van der Waals surface area contributed by atoms with Gasteiger partial charge in [-0.2, -0.15) is 0 Å². The van der Waals surface area contributed by atoms with Gasteiger partial charge >= 0.3 is 0 Å². The Morgan fingerprint density at radius 3 is 2.70 bits per heavy atom. The summed E-state index contributed by atoms with van der Waals surface area (Å²) < 4.78 is 0. The first-order valence-corrected chi connectivity index (χ1v) is 7.89. The average Bonchev–Trinajstić information content (AvgIpc) is 2.53. The second-order valence-electron chi connectivity index (χ2n) is 6.20. The maximum Gasteiger partial charge on any atom is 0.292 e. The van der Waals surface area contributed by atoms with E-state index >= 15 is 0 Å². The molecule has 1 unspecified atom stereocenters. The molecule has 0 saturated heterocycles. The van der Waals surface area contributed by atoms with Crippen LogP contribution in [0.4, 0.5) is 11.4 Å². The van der Waals surface area contributed by atoms with Crippen LogP contribution in [0, 0.1) is 10.1 Å². The first kappa shape index (κ1) is 15.5. The lowest BCUT2D eigenvalue weighted by molar-refractivity contribution is -0.384. The number of nitro benzene ring substituents is 1. The van der Waals surface area contributed by atoms with E-state index in [2.05, 4.69) is 17.0 Å². The van der Waals surface area contributed by atoms with Crippen molar-refractivity contribution in [3.63, 3.8) is 0 Å². The molecule has 0 bridgehead atoms. The Morgan fingerprint density at radius 1 is 1.26 bits per heavy atom. The maximum atomic E-state index is 11.5. The summed E-state index contributed by atoms with van der Waals surface area (Å²) in [7, 11) is 0. The van der Waals surface area contributed by atoms with E-state index in [1.807, 2.05) is 31.2 Å². The lowest BCUT2D eigenvalue weighted by Gasteiger charge is -2.30. The van der Waals surface area contributed by atoms with Crippen molar-refractivity contribution in [3.8, 4) is 0 Å². The summed E-state index contributed by atoms with van der Waals surface area (Å²) in [6, 6.07) is 13.8. The van der Waals surface area contributed by atoms with E-state index in [4.69, 9.17) is 5.73 Å². The van der Waals surface area contributed by atoms with Crippen LogP contribution < -0.4 is 10.6 Å². The van der Waals surface area contributed by atoms with Crippen molar-refractivity contribution in [3.05, 3.63) is 69.3 Å². The number of benzene rings is 2. The van der Waals surface area contributed by atoms with Gasteiger partial charge < -0.3 is 10.6 Å². The van der Waals surface area contributed by atoms with Gasteiger partial charge in [0.15, 0.2) is 0 Å². The van der Waals surface area contributed by atoms with Crippen LogP contribution in [-0.4, -0.2) is 17.5 Å². The van der Waals surface area contributed by atoms with Crippen LogP contribution >= 0.6 is 0 Å². The first-order valence-electron chi connectivity index (χ1n) is 7.89. The molecule has 5 nitrogen and oxygen atoms in total. The lowest BCUT2D eigenvalue weighted by atomic mass is 9.98. The zero-order chi connectivity index (χ0) is 16.4. The predicted molar refractivity (Wildman–Crippen MR) is 91.6 cm³/mol. The number of rotatable bonds is 4. The third kappa shape index (κ3) is 3.35. The third-order valence-electron chi connectivity index (χ3n) is 4.27. The molecule has 120 valence electrons. The quantitative estimate of drug-likeness (QED) is 0.696. The number of nitrogens with zero attached hydrogens (tertiary/aromatic N) is 2. The van der Waals surface area contributed by atoms with Crippen molar-refractivity contribution in [1.82, 2.24) is 0 Å². The molecule has 1 aliphatic rings. The highest BCUT2D eigenvalue weighted by atomic mass is 16.6. The van der Waals surface area contributed by atoms with E-state index in [1.54, 1.807) is 6.07 Å². The van der Waals surface area contributed by atoms with Crippen molar-refractivity contribution >= 4 is 11.4 Å². The van der Waals surface area contributed by atoms with E-state index in [-0.39, 0.29) is 16.7 Å². The van der Waals surface area contributed by atoms with Crippen LogP contribution in [0.3, 0.4) is 0 Å². The van der Waals surface area contributed by atoms with Crippen molar-refractivity contribution in [2.75, 3.05) is 11.4 Å². The molecule has 5 heteroatoms. The Labute approximate surface area is 135 Å². The summed E-state index contributed by atoms with van der Waals surface area (Å²) in [5.41, 5.74) is 10.2. The Hall–Kier alpha value is -2.40. The van der Waals surface area contributed by atoms with Gasteiger partial charge in [-0.05, 0) is 42.5 Å². The highest BCUT2D eigenvalue weighted by molar-refractivity contribution is 5.65. The number of nitro groups is 1. The lowest BCUT2D eigenvalue weighted by Crippen LogP contribution is -2.30. The first-order chi connectivity index (χ1) is 11.0. The van der Waals surface area contributed by atoms with Crippen LogP contribution in [0.1, 0.15) is 23.6 Å². The molecule has 0 radical (unpaired) electrons. The van der Waals surface area contributed by atoms with Crippen LogP contribution in [0.15, 0.2) is 42.5 Å². The SMILES string of the molecule is CC(N)Cc1ccc(N2CCc3ccccc3C2)c([N+](=O)[O-])c1. The van der Waals surface area contributed by atoms with Crippen molar-refractivity contribution in [2.24, 2.45) is 5.73 Å². The summed E-state index contributed by atoms with van der Waals surface area (Å²) in [6.45, 7) is 3.41. The summed E-state index contributed by atoms with van der Waals surface area (Å²) >= 11 is 0. The zero-order valence-corrected chi connectivity index (χ0v) is 13.2. The smallest absolute Gasteiger partial charge is 0.292 e. The largest absolute Gasteiger partial charge is 0.361 e. The molecule has 2 aromatic carbocycles. The Bertz CT molecular complexity index is 728. The molecule has 23 heavy (non-hydrogen) atoms. The van der Waals surface area contributed by atoms with Gasteiger partial charge in [0, 0.05) is 25.2 Å². The molecular formula is C18H21N3O2. The molecule has 3 rings (SSSR count). The molecule has 1 atom stereocenters. The summed E-state index contributed by atoms with van der Waals surface area (Å²) in [6.07, 6.45) is 1.55. The Balaban J connectivity index is 1.92. The van der Waals surface area contributed by atoms with Gasteiger partial charge in [-0.25, -0.2) is 0 Å². The van der Waals surface area contributed by atoms with Gasteiger partial charge in [0.1, 0.15) is 5.69 Å². The van der Waals surface area contributed by atoms with E-state index in [9.17, 15) is 10.1 Å². The van der Waals surface area contributed by atoms with E-state index in [0.717, 1.165) is 18.5 Å². The highest BCUT2D eigenvalue weighted by Gasteiger charge is 2.23. The normalized spacial score (nSPS) is 15.1. The van der Waals surface area contributed by atoms with E-state index in [0.29, 0.717) is 18.7 Å². The minimum Gasteiger partial charge on any atom is -0.361 e. The molecular weight excluding hydrogens is 290 g/mol. The molecule has 0 spiro atoms. The number of hydrogen-bond acceptors (Lipinski definition) is 4. The molecule has 2 aromatic rings. The fraction of sp³-hybridized carbons (Fsp3) is 0.333.